The van der Waals surface area contributed by atoms with E-state index in [4.69, 9.17) is 4.74 Å². The van der Waals surface area contributed by atoms with Gasteiger partial charge in [-0.1, -0.05) is 19.9 Å². The highest BCUT2D eigenvalue weighted by Gasteiger charge is 2.37. The van der Waals surface area contributed by atoms with Gasteiger partial charge in [-0.25, -0.2) is 4.79 Å². The van der Waals surface area contributed by atoms with Crippen molar-refractivity contribution in [2.75, 3.05) is 20.1 Å². The topological polar surface area (TPSA) is 96.0 Å². The molecule has 1 N–H and O–H groups in total. The Labute approximate surface area is 173 Å². The third-order valence-electron chi connectivity index (χ3n) is 4.81. The highest BCUT2D eigenvalue weighted by molar-refractivity contribution is 5.96. The van der Waals surface area contributed by atoms with Crippen molar-refractivity contribution in [3.63, 3.8) is 0 Å². The second-order valence-corrected chi connectivity index (χ2v) is 8.78. The Kier molecular flexibility index (Phi) is 8.85. The van der Waals surface area contributed by atoms with E-state index in [1.165, 1.54) is 4.90 Å². The number of nitrogens with one attached hydrogen (secondary N) is 1. The van der Waals surface area contributed by atoms with Crippen LogP contribution in [-0.4, -0.2) is 71.8 Å². The molecule has 164 valence electrons. The summed E-state index contributed by atoms with van der Waals surface area (Å²) in [5.41, 5.74) is -0.136. The zero-order chi connectivity index (χ0) is 22.4. The summed E-state index contributed by atoms with van der Waals surface area (Å²) >= 11 is 0. The van der Waals surface area contributed by atoms with E-state index in [1.807, 2.05) is 13.8 Å². The fourth-order valence-corrected chi connectivity index (χ4v) is 3.35. The van der Waals surface area contributed by atoms with Crippen molar-refractivity contribution in [1.29, 1.82) is 0 Å². The van der Waals surface area contributed by atoms with Gasteiger partial charge in [-0.2, -0.15) is 0 Å². The largest absolute Gasteiger partial charge is 0.458 e. The second-order valence-electron chi connectivity index (χ2n) is 8.78. The summed E-state index contributed by atoms with van der Waals surface area (Å²) < 4.78 is 5.47. The van der Waals surface area contributed by atoms with Crippen LogP contribution in [0, 0.1) is 5.92 Å². The number of carbonyl (C=O) groups excluding carboxylic acids is 4. The standard InChI is InChI=1S/C21H35N3O5/c1-14(2)17(23(7)18(26)12-22-13-25)11-15(3)19(27)24-10-8-9-16(24)20(28)29-21(4,5)6/h11,13-14,16-17H,8-10,12H2,1-7H3,(H,22,25)/b15-11+/t16-,17+/m0/s1. The molecule has 0 radical (unpaired) electrons. The molecular formula is C21H35N3O5. The number of rotatable bonds is 8. The zero-order valence-electron chi connectivity index (χ0n) is 18.7. The predicted octanol–water partition coefficient (Wildman–Crippen LogP) is 1.49. The van der Waals surface area contributed by atoms with Gasteiger partial charge in [0.25, 0.3) is 0 Å². The van der Waals surface area contributed by atoms with Crippen LogP contribution in [0.25, 0.3) is 0 Å². The van der Waals surface area contributed by atoms with Gasteiger partial charge in [-0.05, 0) is 46.5 Å². The molecule has 0 saturated carbocycles. The molecule has 0 spiro atoms. The molecule has 8 nitrogen and oxygen atoms in total. The van der Waals surface area contributed by atoms with Crippen LogP contribution in [0.15, 0.2) is 11.6 Å². The van der Waals surface area contributed by atoms with Crippen LogP contribution in [0.2, 0.25) is 0 Å². The lowest BCUT2D eigenvalue weighted by atomic mass is 9.99. The van der Waals surface area contributed by atoms with Gasteiger partial charge in [0.1, 0.15) is 11.6 Å². The summed E-state index contributed by atoms with van der Waals surface area (Å²) in [5, 5.41) is 2.36. The molecule has 29 heavy (non-hydrogen) atoms. The van der Waals surface area contributed by atoms with E-state index in [9.17, 15) is 19.2 Å². The van der Waals surface area contributed by atoms with Crippen molar-refractivity contribution < 1.29 is 23.9 Å². The molecule has 1 rings (SSSR count). The number of likely N-dealkylation sites (tertiary alicyclic amines) is 1. The molecule has 0 aromatic carbocycles. The minimum atomic E-state index is -0.610. The minimum absolute atomic E-state index is 0.0585. The Hall–Kier alpha value is -2.38. The van der Waals surface area contributed by atoms with Crippen molar-refractivity contribution in [2.45, 2.75) is 72.1 Å². The van der Waals surface area contributed by atoms with E-state index in [0.717, 1.165) is 6.42 Å². The average molecular weight is 410 g/mol. The van der Waals surface area contributed by atoms with Crippen molar-refractivity contribution in [3.8, 4) is 0 Å². The van der Waals surface area contributed by atoms with Gasteiger partial charge in [-0.3, -0.25) is 14.4 Å². The third kappa shape index (κ3) is 7.18. The van der Waals surface area contributed by atoms with E-state index in [2.05, 4.69) is 5.32 Å². The van der Waals surface area contributed by atoms with Crippen molar-refractivity contribution in [1.82, 2.24) is 15.1 Å². The Bertz CT molecular complexity index is 651. The quantitative estimate of drug-likeness (QED) is 0.372. The number of carbonyl (C=O) groups is 4. The third-order valence-corrected chi connectivity index (χ3v) is 4.81. The SMILES string of the molecule is C/C(=C\[C@H](C(C)C)N(C)C(=O)CNC=O)C(=O)N1CCC[C@H]1C(=O)OC(C)(C)C. The zero-order valence-corrected chi connectivity index (χ0v) is 18.7. The number of amides is 3. The molecule has 0 unspecified atom stereocenters. The second kappa shape index (κ2) is 10.4. The van der Waals surface area contributed by atoms with E-state index >= 15 is 0 Å². The lowest BCUT2D eigenvalue weighted by Gasteiger charge is -2.31. The number of esters is 1. The van der Waals surface area contributed by atoms with Gasteiger partial charge >= 0.3 is 5.97 Å². The molecule has 1 saturated heterocycles. The van der Waals surface area contributed by atoms with Crippen LogP contribution in [0.4, 0.5) is 0 Å². The molecule has 0 aromatic rings. The molecule has 3 amide bonds. The van der Waals surface area contributed by atoms with Crippen LogP contribution >= 0.6 is 0 Å². The number of ether oxygens (including phenoxy) is 1. The Morgan fingerprint density at radius 2 is 1.90 bits per heavy atom. The smallest absolute Gasteiger partial charge is 0.329 e. The van der Waals surface area contributed by atoms with Gasteiger partial charge in [-0.15, -0.1) is 0 Å². The molecule has 1 fully saturated rings. The highest BCUT2D eigenvalue weighted by atomic mass is 16.6. The first-order valence-corrected chi connectivity index (χ1v) is 10.0. The van der Waals surface area contributed by atoms with Gasteiger partial charge in [0.05, 0.1) is 12.6 Å². The molecule has 1 aliphatic rings. The van der Waals surface area contributed by atoms with Crippen LogP contribution in [0.3, 0.4) is 0 Å². The number of nitrogens with zero attached hydrogens (tertiary/aromatic N) is 2. The van der Waals surface area contributed by atoms with Gasteiger partial charge in [0, 0.05) is 19.2 Å². The fourth-order valence-electron chi connectivity index (χ4n) is 3.35. The predicted molar refractivity (Wildman–Crippen MR) is 110 cm³/mol. The molecule has 0 bridgehead atoms. The van der Waals surface area contributed by atoms with Gasteiger partial charge < -0.3 is 19.9 Å². The minimum Gasteiger partial charge on any atom is -0.458 e. The number of likely N-dealkylation sites (N-methyl/N-ethyl adjacent to an activating group) is 1. The van der Waals surface area contributed by atoms with Crippen molar-refractivity contribution in [2.24, 2.45) is 5.92 Å². The first kappa shape index (κ1) is 24.7. The average Bonchev–Trinajstić information content (AvgIpc) is 3.10. The molecule has 0 aliphatic carbocycles. The number of hydrogen-bond donors (Lipinski definition) is 1. The van der Waals surface area contributed by atoms with Gasteiger partial charge in [0.2, 0.25) is 18.2 Å². The summed E-state index contributed by atoms with van der Waals surface area (Å²) in [6, 6.07) is -0.902. The van der Waals surface area contributed by atoms with E-state index < -0.39 is 11.6 Å². The first-order valence-electron chi connectivity index (χ1n) is 10.0. The maximum absolute atomic E-state index is 13.0. The first-order chi connectivity index (χ1) is 13.4. The van der Waals surface area contributed by atoms with Crippen LogP contribution < -0.4 is 5.32 Å². The Morgan fingerprint density at radius 3 is 2.41 bits per heavy atom. The van der Waals surface area contributed by atoms with Crippen LogP contribution in [0.1, 0.15) is 54.4 Å². The van der Waals surface area contributed by atoms with Crippen molar-refractivity contribution >= 4 is 24.2 Å². The molecule has 1 aliphatic heterocycles. The Balaban J connectivity index is 2.97. The monoisotopic (exact) mass is 409 g/mol. The summed E-state index contributed by atoms with van der Waals surface area (Å²) in [6.45, 7) is 11.4. The summed E-state index contributed by atoms with van der Waals surface area (Å²) in [4.78, 5) is 51.3. The maximum Gasteiger partial charge on any atom is 0.329 e. The van der Waals surface area contributed by atoms with E-state index in [1.54, 1.807) is 45.7 Å². The van der Waals surface area contributed by atoms with Gasteiger partial charge in [0.15, 0.2) is 0 Å². The summed E-state index contributed by atoms with van der Waals surface area (Å²) in [5.74, 6) is -0.803. The summed E-state index contributed by atoms with van der Waals surface area (Å²) in [7, 11) is 1.65. The summed E-state index contributed by atoms with van der Waals surface area (Å²) in [6.07, 6.45) is 3.56. The lowest BCUT2D eigenvalue weighted by Crippen LogP contribution is -2.45. The molecule has 1 heterocycles. The molecule has 2 atom stereocenters. The number of hydrogen-bond acceptors (Lipinski definition) is 5. The fraction of sp³-hybridized carbons (Fsp3) is 0.714. The maximum atomic E-state index is 13.0. The molecule has 8 heteroatoms. The molecule has 0 aromatic heterocycles. The Morgan fingerprint density at radius 1 is 1.28 bits per heavy atom. The van der Waals surface area contributed by atoms with Crippen molar-refractivity contribution in [3.05, 3.63) is 11.6 Å². The van der Waals surface area contributed by atoms with Crippen LogP contribution in [0.5, 0.6) is 0 Å². The lowest BCUT2D eigenvalue weighted by molar-refractivity contribution is -0.162. The normalized spacial score (nSPS) is 18.4. The van der Waals surface area contributed by atoms with E-state index in [0.29, 0.717) is 24.9 Å². The highest BCUT2D eigenvalue weighted by Crippen LogP contribution is 2.24. The molecular weight excluding hydrogens is 374 g/mol. The van der Waals surface area contributed by atoms with E-state index in [-0.39, 0.29) is 36.3 Å². The van der Waals surface area contributed by atoms with Crippen LogP contribution in [-0.2, 0) is 23.9 Å².